The molecule has 5 nitrogen and oxygen atoms in total. The molecule has 7 heteroatoms. The molecule has 22 heavy (non-hydrogen) atoms. The Morgan fingerprint density at radius 1 is 1.32 bits per heavy atom. The molecule has 0 heterocycles. The average Bonchev–Trinajstić information content (AvgIpc) is 2.48. The van der Waals surface area contributed by atoms with Gasteiger partial charge in [-0.05, 0) is 26.0 Å². The Bertz CT molecular complexity index is 499. The molecule has 0 spiro atoms. The van der Waals surface area contributed by atoms with E-state index >= 15 is 0 Å². The molecule has 1 unspecified atom stereocenters. The fourth-order valence-electron chi connectivity index (χ4n) is 1.81. The molecule has 1 atom stereocenters. The highest BCUT2D eigenvalue weighted by molar-refractivity contribution is 7.99. The van der Waals surface area contributed by atoms with Crippen molar-refractivity contribution in [1.29, 1.82) is 0 Å². The first-order valence-corrected chi connectivity index (χ1v) is 8.22. The third-order valence-corrected chi connectivity index (χ3v) is 4.03. The van der Waals surface area contributed by atoms with E-state index < -0.39 is 6.09 Å². The van der Waals surface area contributed by atoms with Crippen LogP contribution >= 0.6 is 11.8 Å². The normalized spacial score (nSPS) is 11.8. The lowest BCUT2D eigenvalue weighted by atomic mass is 10.3. The van der Waals surface area contributed by atoms with E-state index in [0.717, 1.165) is 11.4 Å². The number of nitrogens with one attached hydrogen (secondary N) is 2. The maximum absolute atomic E-state index is 13.5. The molecule has 0 saturated heterocycles. The van der Waals surface area contributed by atoms with Crippen molar-refractivity contribution in [2.75, 3.05) is 32.0 Å². The van der Waals surface area contributed by atoms with Crippen LogP contribution in [-0.2, 0) is 9.53 Å². The number of halogens is 1. The van der Waals surface area contributed by atoms with Crippen LogP contribution in [0, 0.1) is 5.82 Å². The van der Waals surface area contributed by atoms with Crippen LogP contribution in [0.3, 0.4) is 0 Å². The Hall–Kier alpha value is -1.60. The Kier molecular flexibility index (Phi) is 8.54. The summed E-state index contributed by atoms with van der Waals surface area (Å²) in [6.45, 7) is 5.49. The summed E-state index contributed by atoms with van der Waals surface area (Å²) in [5.41, 5.74) is 0. The predicted molar refractivity (Wildman–Crippen MR) is 83.5 cm³/mol. The predicted octanol–water partition coefficient (Wildman–Crippen LogP) is 1.10. The number of ether oxygens (including phenoxy) is 1. The van der Waals surface area contributed by atoms with Crippen molar-refractivity contribution in [3.05, 3.63) is 30.1 Å². The molecule has 0 bridgehead atoms. The molecule has 0 aliphatic heterocycles. The molecular formula is C15H22FN2O3S+. The smallest absolute Gasteiger partial charge is 0.414 e. The molecule has 0 aliphatic rings. The molecular weight excluding hydrogens is 307 g/mol. The summed E-state index contributed by atoms with van der Waals surface area (Å²) in [7, 11) is 0. The number of hydrogen-bond acceptors (Lipinski definition) is 4. The lowest BCUT2D eigenvalue weighted by Crippen LogP contribution is -3.13. The number of quaternary nitrogens is 1. The monoisotopic (exact) mass is 329 g/mol. The summed E-state index contributed by atoms with van der Waals surface area (Å²) in [6, 6.07) is 6.62. The van der Waals surface area contributed by atoms with Crippen LogP contribution < -0.4 is 10.2 Å². The topological polar surface area (TPSA) is 59.8 Å². The molecule has 0 saturated carbocycles. The Morgan fingerprint density at radius 3 is 2.68 bits per heavy atom. The summed E-state index contributed by atoms with van der Waals surface area (Å²) in [5, 5.41) is 2.18. The van der Waals surface area contributed by atoms with Gasteiger partial charge >= 0.3 is 6.09 Å². The van der Waals surface area contributed by atoms with Crippen LogP contribution in [-0.4, -0.2) is 44.0 Å². The third-order valence-electron chi connectivity index (χ3n) is 2.98. The lowest BCUT2D eigenvalue weighted by Gasteiger charge is -2.16. The molecule has 0 radical (unpaired) electrons. The van der Waals surface area contributed by atoms with Crippen molar-refractivity contribution >= 4 is 23.8 Å². The third kappa shape index (κ3) is 6.91. The van der Waals surface area contributed by atoms with E-state index in [1.54, 1.807) is 25.1 Å². The minimum absolute atomic E-state index is 0.188. The Balaban J connectivity index is 2.34. The number of imide groups is 1. The largest absolute Gasteiger partial charge is 0.450 e. The molecule has 0 fully saturated rings. The van der Waals surface area contributed by atoms with Gasteiger partial charge in [0.25, 0.3) is 5.91 Å². The number of alkyl carbamates (subject to hydrolysis) is 1. The van der Waals surface area contributed by atoms with Crippen molar-refractivity contribution in [3.8, 4) is 0 Å². The van der Waals surface area contributed by atoms with E-state index in [2.05, 4.69) is 10.1 Å². The van der Waals surface area contributed by atoms with E-state index in [0.29, 0.717) is 17.2 Å². The van der Waals surface area contributed by atoms with Crippen LogP contribution in [0.15, 0.2) is 29.2 Å². The standard InChI is InChI=1S/C15H21FN2O3S/c1-3-18(11-14(19)17-15(20)21-4-2)9-10-22-13-8-6-5-7-12(13)16/h5-8H,3-4,9-11H2,1-2H3,(H,17,19,20)/p+1. The van der Waals surface area contributed by atoms with Gasteiger partial charge in [-0.25, -0.2) is 9.18 Å². The van der Waals surface area contributed by atoms with Crippen molar-refractivity contribution in [2.24, 2.45) is 0 Å². The van der Waals surface area contributed by atoms with Crippen molar-refractivity contribution in [1.82, 2.24) is 5.32 Å². The van der Waals surface area contributed by atoms with Gasteiger partial charge in [0.2, 0.25) is 0 Å². The molecule has 1 aromatic carbocycles. The van der Waals surface area contributed by atoms with Crippen LogP contribution in [0.1, 0.15) is 13.8 Å². The van der Waals surface area contributed by atoms with Crippen LogP contribution in [0.5, 0.6) is 0 Å². The van der Waals surface area contributed by atoms with Gasteiger partial charge in [-0.15, -0.1) is 11.8 Å². The first-order chi connectivity index (χ1) is 10.6. The quantitative estimate of drug-likeness (QED) is 0.701. The summed E-state index contributed by atoms with van der Waals surface area (Å²) in [5.74, 6) is 0.0911. The van der Waals surface area contributed by atoms with Crippen LogP contribution in [0.4, 0.5) is 9.18 Å². The number of thioether (sulfide) groups is 1. The number of carbonyl (C=O) groups is 2. The molecule has 2 N–H and O–H groups in total. The molecule has 1 aromatic rings. The number of rotatable bonds is 8. The number of benzene rings is 1. The van der Waals surface area contributed by atoms with Gasteiger partial charge in [0.05, 0.1) is 19.7 Å². The number of hydrogen-bond donors (Lipinski definition) is 2. The van der Waals surface area contributed by atoms with E-state index in [1.165, 1.54) is 17.8 Å². The SMILES string of the molecule is CCOC(=O)NC(=O)C[NH+](CC)CCSc1ccccc1F. The molecule has 2 amide bonds. The van der Waals surface area contributed by atoms with E-state index in [-0.39, 0.29) is 24.9 Å². The second-order valence-corrected chi connectivity index (χ2v) is 5.71. The van der Waals surface area contributed by atoms with Gasteiger partial charge in [0.15, 0.2) is 6.54 Å². The molecule has 122 valence electrons. The summed E-state index contributed by atoms with van der Waals surface area (Å²) >= 11 is 1.42. The zero-order valence-electron chi connectivity index (χ0n) is 12.9. The first-order valence-electron chi connectivity index (χ1n) is 7.24. The number of likely N-dealkylation sites (N-methyl/N-ethyl adjacent to an activating group) is 1. The highest BCUT2D eigenvalue weighted by Crippen LogP contribution is 2.19. The van der Waals surface area contributed by atoms with Crippen molar-refractivity contribution < 1.29 is 23.6 Å². The highest BCUT2D eigenvalue weighted by Gasteiger charge is 2.15. The first kappa shape index (κ1) is 18.4. The highest BCUT2D eigenvalue weighted by atomic mass is 32.2. The second kappa shape index (κ2) is 10.2. The van der Waals surface area contributed by atoms with Crippen LogP contribution in [0.25, 0.3) is 0 Å². The Morgan fingerprint density at radius 2 is 2.05 bits per heavy atom. The van der Waals surface area contributed by atoms with E-state index in [1.807, 2.05) is 6.92 Å². The second-order valence-electron chi connectivity index (χ2n) is 4.58. The molecule has 1 rings (SSSR count). The van der Waals surface area contributed by atoms with E-state index in [4.69, 9.17) is 0 Å². The zero-order chi connectivity index (χ0) is 16.4. The minimum atomic E-state index is -0.719. The maximum atomic E-state index is 13.5. The van der Waals surface area contributed by atoms with Gasteiger partial charge in [-0.3, -0.25) is 10.1 Å². The fraction of sp³-hybridized carbons (Fsp3) is 0.467. The van der Waals surface area contributed by atoms with Gasteiger partial charge in [-0.1, -0.05) is 12.1 Å². The van der Waals surface area contributed by atoms with Gasteiger partial charge < -0.3 is 9.64 Å². The van der Waals surface area contributed by atoms with Crippen LogP contribution in [0.2, 0.25) is 0 Å². The number of amides is 2. The number of carbonyl (C=O) groups excluding carboxylic acids is 2. The Labute approximate surface area is 134 Å². The summed E-state index contributed by atoms with van der Waals surface area (Å²) in [6.07, 6.45) is -0.719. The maximum Gasteiger partial charge on any atom is 0.414 e. The van der Waals surface area contributed by atoms with Gasteiger partial charge in [0.1, 0.15) is 5.82 Å². The average molecular weight is 329 g/mol. The van der Waals surface area contributed by atoms with Gasteiger partial charge in [-0.2, -0.15) is 0 Å². The summed E-state index contributed by atoms with van der Waals surface area (Å²) < 4.78 is 18.1. The zero-order valence-corrected chi connectivity index (χ0v) is 13.7. The lowest BCUT2D eigenvalue weighted by molar-refractivity contribution is -0.887. The molecule has 0 aliphatic carbocycles. The fourth-order valence-corrected chi connectivity index (χ4v) is 2.80. The van der Waals surface area contributed by atoms with Crippen molar-refractivity contribution in [2.45, 2.75) is 18.7 Å². The van der Waals surface area contributed by atoms with E-state index in [9.17, 15) is 14.0 Å². The minimum Gasteiger partial charge on any atom is -0.450 e. The summed E-state index contributed by atoms with van der Waals surface area (Å²) in [4.78, 5) is 24.5. The van der Waals surface area contributed by atoms with Gasteiger partial charge in [0, 0.05) is 10.6 Å². The molecule has 0 aromatic heterocycles. The van der Waals surface area contributed by atoms with Crippen molar-refractivity contribution in [3.63, 3.8) is 0 Å².